The summed E-state index contributed by atoms with van der Waals surface area (Å²) in [6, 6.07) is 18.3. The van der Waals surface area contributed by atoms with Crippen LogP contribution in [0.5, 0.6) is 0 Å². The van der Waals surface area contributed by atoms with Gasteiger partial charge >= 0.3 is 17.9 Å². The number of hydrogen-bond donors (Lipinski definition) is 1. The molecule has 1 fully saturated rings. The molecule has 1 aliphatic heterocycles. The monoisotopic (exact) mass is 781 g/mol. The first-order valence-electron chi connectivity index (χ1n) is 12.9. The standard InChI is InChI=1S/C30H26Br3NO9/c1-16(35)34-24-26(43-29(38)19-7-13-22(33)14-8-19)25(42-28(37)18-5-11-21(32)12-6-18)23(41-30(24)39-2)15-40-27(36)17-3-9-20(31)10-4-17/h3-14,23-26,30H,15H2,1-2H3,(H,34,35)/t23-,24-,25+,26-,30-/m1/s1. The molecular formula is C30H26Br3NO9. The molecule has 3 aromatic rings. The summed E-state index contributed by atoms with van der Waals surface area (Å²) < 4.78 is 31.2. The maximum absolute atomic E-state index is 13.3. The molecule has 0 unspecified atom stereocenters. The van der Waals surface area contributed by atoms with Gasteiger partial charge in [0.25, 0.3) is 0 Å². The van der Waals surface area contributed by atoms with E-state index >= 15 is 0 Å². The molecule has 13 heteroatoms. The van der Waals surface area contributed by atoms with E-state index in [0.29, 0.717) is 0 Å². The highest BCUT2D eigenvalue weighted by atomic mass is 79.9. The van der Waals surface area contributed by atoms with Crippen molar-refractivity contribution >= 4 is 71.6 Å². The van der Waals surface area contributed by atoms with Crippen molar-refractivity contribution in [2.45, 2.75) is 37.6 Å². The first-order chi connectivity index (χ1) is 20.5. The Morgan fingerprint density at radius 2 is 1.12 bits per heavy atom. The molecule has 0 aliphatic carbocycles. The van der Waals surface area contributed by atoms with Gasteiger partial charge in [0.2, 0.25) is 5.91 Å². The van der Waals surface area contributed by atoms with Crippen LogP contribution in [0.2, 0.25) is 0 Å². The van der Waals surface area contributed by atoms with E-state index in [2.05, 4.69) is 53.1 Å². The Kier molecular flexibility index (Phi) is 11.5. The van der Waals surface area contributed by atoms with Crippen LogP contribution in [0.1, 0.15) is 38.0 Å². The average Bonchev–Trinajstić information content (AvgIpc) is 2.98. The third-order valence-electron chi connectivity index (χ3n) is 6.35. The fraction of sp³-hybridized carbons (Fsp3) is 0.267. The number of rotatable bonds is 9. The van der Waals surface area contributed by atoms with Crippen molar-refractivity contribution in [3.05, 3.63) is 103 Å². The second kappa shape index (κ2) is 15.1. The number of ether oxygens (including phenoxy) is 5. The Morgan fingerprint density at radius 3 is 1.53 bits per heavy atom. The summed E-state index contributed by atoms with van der Waals surface area (Å²) >= 11 is 9.98. The lowest BCUT2D eigenvalue weighted by atomic mass is 9.95. The molecule has 1 N–H and O–H groups in total. The molecule has 1 aliphatic rings. The maximum Gasteiger partial charge on any atom is 0.338 e. The van der Waals surface area contributed by atoms with E-state index in [4.69, 9.17) is 23.7 Å². The average molecular weight is 784 g/mol. The van der Waals surface area contributed by atoms with Crippen LogP contribution in [0.15, 0.2) is 86.2 Å². The predicted octanol–water partition coefficient (Wildman–Crippen LogP) is 5.46. The van der Waals surface area contributed by atoms with Crippen LogP contribution in [0.25, 0.3) is 0 Å². The van der Waals surface area contributed by atoms with E-state index in [-0.39, 0.29) is 16.7 Å². The first-order valence-corrected chi connectivity index (χ1v) is 15.2. The summed E-state index contributed by atoms with van der Waals surface area (Å²) in [7, 11) is 1.34. The minimum Gasteiger partial charge on any atom is -0.459 e. The van der Waals surface area contributed by atoms with Crippen molar-refractivity contribution in [3.63, 3.8) is 0 Å². The summed E-state index contributed by atoms with van der Waals surface area (Å²) in [5, 5.41) is 2.68. The van der Waals surface area contributed by atoms with Crippen LogP contribution in [0.3, 0.4) is 0 Å². The van der Waals surface area contributed by atoms with Crippen LogP contribution in [-0.4, -0.2) is 68.2 Å². The number of halogens is 3. The number of carbonyl (C=O) groups is 4. The van der Waals surface area contributed by atoms with Crippen molar-refractivity contribution < 1.29 is 42.9 Å². The van der Waals surface area contributed by atoms with E-state index < -0.39 is 61.1 Å². The van der Waals surface area contributed by atoms with Gasteiger partial charge in [-0.05, 0) is 72.8 Å². The summed E-state index contributed by atoms with van der Waals surface area (Å²) in [6.07, 6.45) is -4.96. The molecule has 0 saturated carbocycles. The Bertz CT molecular complexity index is 1450. The number of carbonyl (C=O) groups excluding carboxylic acids is 4. The van der Waals surface area contributed by atoms with E-state index in [1.54, 1.807) is 72.8 Å². The third-order valence-corrected chi connectivity index (χ3v) is 7.94. The van der Waals surface area contributed by atoms with E-state index in [1.807, 2.05) is 0 Å². The van der Waals surface area contributed by atoms with Crippen molar-refractivity contribution in [1.82, 2.24) is 5.32 Å². The smallest absolute Gasteiger partial charge is 0.338 e. The molecule has 0 radical (unpaired) electrons. The molecule has 0 aromatic heterocycles. The predicted molar refractivity (Wildman–Crippen MR) is 164 cm³/mol. The zero-order valence-corrected chi connectivity index (χ0v) is 27.6. The maximum atomic E-state index is 13.3. The van der Waals surface area contributed by atoms with Gasteiger partial charge in [0.05, 0.1) is 16.7 Å². The molecule has 43 heavy (non-hydrogen) atoms. The SMILES string of the molecule is CO[C@@H]1O[C@H](COC(=O)c2ccc(Br)cc2)[C@H](OC(=O)c2ccc(Br)cc2)[C@H](OC(=O)c2ccc(Br)cc2)[C@H]1NC(C)=O. The summed E-state index contributed by atoms with van der Waals surface area (Å²) in [6.45, 7) is 0.876. The largest absolute Gasteiger partial charge is 0.459 e. The van der Waals surface area contributed by atoms with Crippen molar-refractivity contribution in [2.75, 3.05) is 13.7 Å². The Labute approximate surface area is 272 Å². The van der Waals surface area contributed by atoms with Crippen LogP contribution in [0, 0.1) is 0 Å². The Balaban J connectivity index is 1.68. The Hall–Kier alpha value is -3.10. The number of amides is 1. The van der Waals surface area contributed by atoms with Crippen LogP contribution >= 0.6 is 47.8 Å². The van der Waals surface area contributed by atoms with Gasteiger partial charge in [-0.15, -0.1) is 0 Å². The molecule has 0 spiro atoms. The number of hydrogen-bond acceptors (Lipinski definition) is 9. The summed E-state index contributed by atoms with van der Waals surface area (Å²) in [4.78, 5) is 51.7. The number of nitrogens with one attached hydrogen (secondary N) is 1. The lowest BCUT2D eigenvalue weighted by Gasteiger charge is -2.44. The normalized spacial score (nSPS) is 21.4. The molecule has 10 nitrogen and oxygen atoms in total. The molecule has 1 saturated heterocycles. The Morgan fingerprint density at radius 1 is 0.698 bits per heavy atom. The number of esters is 3. The van der Waals surface area contributed by atoms with Crippen molar-refractivity contribution in [2.24, 2.45) is 0 Å². The molecule has 3 aromatic carbocycles. The highest BCUT2D eigenvalue weighted by molar-refractivity contribution is 9.11. The lowest BCUT2D eigenvalue weighted by Crippen LogP contribution is -2.66. The van der Waals surface area contributed by atoms with E-state index in [1.165, 1.54) is 14.0 Å². The van der Waals surface area contributed by atoms with Gasteiger partial charge in [0.1, 0.15) is 18.8 Å². The van der Waals surface area contributed by atoms with Gasteiger partial charge < -0.3 is 29.0 Å². The van der Waals surface area contributed by atoms with Crippen molar-refractivity contribution in [1.29, 1.82) is 0 Å². The molecule has 1 amide bonds. The van der Waals surface area contributed by atoms with E-state index in [9.17, 15) is 19.2 Å². The second-order valence-electron chi connectivity index (χ2n) is 9.36. The van der Waals surface area contributed by atoms with Gasteiger partial charge in [-0.3, -0.25) is 4.79 Å². The minimum absolute atomic E-state index is 0.205. The molecular weight excluding hydrogens is 758 g/mol. The van der Waals surface area contributed by atoms with Crippen LogP contribution < -0.4 is 5.32 Å². The molecule has 1 heterocycles. The summed E-state index contributed by atoms with van der Waals surface area (Å²) in [5.74, 6) is -2.64. The highest BCUT2D eigenvalue weighted by Crippen LogP contribution is 2.29. The quantitative estimate of drug-likeness (QED) is 0.223. The fourth-order valence-electron chi connectivity index (χ4n) is 4.29. The second-order valence-corrected chi connectivity index (χ2v) is 12.1. The minimum atomic E-state index is -1.34. The van der Waals surface area contributed by atoms with E-state index in [0.717, 1.165) is 13.4 Å². The molecule has 226 valence electrons. The highest BCUT2D eigenvalue weighted by Gasteiger charge is 2.51. The zero-order valence-electron chi connectivity index (χ0n) is 22.8. The summed E-state index contributed by atoms with van der Waals surface area (Å²) in [5.41, 5.74) is 0.693. The molecule has 4 rings (SSSR count). The topological polar surface area (TPSA) is 126 Å². The molecule has 0 bridgehead atoms. The van der Waals surface area contributed by atoms with Crippen molar-refractivity contribution in [3.8, 4) is 0 Å². The lowest BCUT2D eigenvalue weighted by molar-refractivity contribution is -0.261. The first kappa shape index (κ1) is 32.8. The van der Waals surface area contributed by atoms with Crippen LogP contribution in [0.4, 0.5) is 0 Å². The van der Waals surface area contributed by atoms with Gasteiger partial charge in [-0.2, -0.15) is 0 Å². The van der Waals surface area contributed by atoms with Gasteiger partial charge in [-0.1, -0.05) is 47.8 Å². The van der Waals surface area contributed by atoms with Gasteiger partial charge in [0, 0.05) is 27.5 Å². The fourth-order valence-corrected chi connectivity index (χ4v) is 5.08. The number of methoxy groups -OCH3 is 1. The van der Waals surface area contributed by atoms with Gasteiger partial charge in [0.15, 0.2) is 18.5 Å². The number of benzene rings is 3. The van der Waals surface area contributed by atoms with Crippen LogP contribution in [-0.2, 0) is 28.5 Å². The molecule has 5 atom stereocenters. The van der Waals surface area contributed by atoms with Gasteiger partial charge in [-0.25, -0.2) is 14.4 Å². The third kappa shape index (κ3) is 8.73. The zero-order chi connectivity index (χ0) is 31.1.